The summed E-state index contributed by atoms with van der Waals surface area (Å²) in [6, 6.07) is 3.41. The van der Waals surface area contributed by atoms with E-state index in [0.29, 0.717) is 16.6 Å². The van der Waals surface area contributed by atoms with Crippen LogP contribution in [0.1, 0.15) is 0 Å². The quantitative estimate of drug-likeness (QED) is 0.620. The molecule has 2 heterocycles. The molecule has 4 nitrogen and oxygen atoms in total. The van der Waals surface area contributed by atoms with E-state index < -0.39 is 0 Å². The molecule has 0 aromatic carbocycles. The average Bonchev–Trinajstić information content (AvgIpc) is 2.04. The van der Waals surface area contributed by atoms with Crippen LogP contribution in [0.25, 0.3) is 11.0 Å². The molecule has 0 saturated carbocycles. The molecule has 0 fully saturated rings. The summed E-state index contributed by atoms with van der Waals surface area (Å²) in [6.45, 7) is 0. The molecular formula is C7H5ClN4. The van der Waals surface area contributed by atoms with Crippen LogP contribution in [0.3, 0.4) is 0 Å². The van der Waals surface area contributed by atoms with Gasteiger partial charge in [-0.2, -0.15) is 0 Å². The molecule has 0 amide bonds. The van der Waals surface area contributed by atoms with Gasteiger partial charge in [0, 0.05) is 0 Å². The van der Waals surface area contributed by atoms with E-state index in [4.69, 9.17) is 17.3 Å². The standard InChI is InChI=1S/C7H5ClN4/c8-5-2-1-4-6(9)10-3-11-7(4)12-5/h1-3H,(H2,9,10,11,12). The van der Waals surface area contributed by atoms with E-state index in [1.165, 1.54) is 6.33 Å². The first kappa shape index (κ1) is 7.24. The average molecular weight is 181 g/mol. The number of hydrogen-bond acceptors (Lipinski definition) is 4. The summed E-state index contributed by atoms with van der Waals surface area (Å²) >= 11 is 5.66. The van der Waals surface area contributed by atoms with Gasteiger partial charge in [0.25, 0.3) is 0 Å². The van der Waals surface area contributed by atoms with Crippen molar-refractivity contribution in [3.63, 3.8) is 0 Å². The minimum Gasteiger partial charge on any atom is -0.383 e. The van der Waals surface area contributed by atoms with Gasteiger partial charge in [0.2, 0.25) is 0 Å². The molecular weight excluding hydrogens is 176 g/mol. The van der Waals surface area contributed by atoms with Crippen molar-refractivity contribution in [1.82, 2.24) is 15.0 Å². The predicted molar refractivity (Wildman–Crippen MR) is 46.8 cm³/mol. The van der Waals surface area contributed by atoms with Crippen molar-refractivity contribution in [1.29, 1.82) is 0 Å². The summed E-state index contributed by atoms with van der Waals surface area (Å²) in [5, 5.41) is 1.13. The lowest BCUT2D eigenvalue weighted by molar-refractivity contribution is 1.19. The minimum absolute atomic E-state index is 0.403. The van der Waals surface area contributed by atoms with Crippen molar-refractivity contribution in [3.05, 3.63) is 23.6 Å². The first-order chi connectivity index (χ1) is 5.77. The highest BCUT2D eigenvalue weighted by molar-refractivity contribution is 6.29. The predicted octanol–water partition coefficient (Wildman–Crippen LogP) is 1.26. The number of rotatable bonds is 0. The normalized spacial score (nSPS) is 10.4. The third-order valence-electron chi connectivity index (χ3n) is 1.49. The molecule has 2 rings (SSSR count). The molecule has 0 spiro atoms. The lowest BCUT2D eigenvalue weighted by Gasteiger charge is -1.97. The minimum atomic E-state index is 0.403. The molecule has 0 saturated heterocycles. The molecule has 12 heavy (non-hydrogen) atoms. The van der Waals surface area contributed by atoms with E-state index in [1.54, 1.807) is 12.1 Å². The number of hydrogen-bond donors (Lipinski definition) is 1. The molecule has 0 bridgehead atoms. The molecule has 5 heteroatoms. The molecule has 0 unspecified atom stereocenters. The smallest absolute Gasteiger partial charge is 0.166 e. The largest absolute Gasteiger partial charge is 0.383 e. The van der Waals surface area contributed by atoms with E-state index in [2.05, 4.69) is 15.0 Å². The zero-order chi connectivity index (χ0) is 8.55. The van der Waals surface area contributed by atoms with E-state index in [9.17, 15) is 0 Å². The maximum Gasteiger partial charge on any atom is 0.166 e. The highest BCUT2D eigenvalue weighted by atomic mass is 35.5. The van der Waals surface area contributed by atoms with E-state index in [1.807, 2.05) is 0 Å². The Morgan fingerprint density at radius 2 is 2.08 bits per heavy atom. The molecule has 0 aliphatic rings. The third-order valence-corrected chi connectivity index (χ3v) is 1.70. The van der Waals surface area contributed by atoms with Gasteiger partial charge < -0.3 is 5.73 Å². The number of fused-ring (bicyclic) bond motifs is 1. The van der Waals surface area contributed by atoms with Crippen molar-refractivity contribution in [2.45, 2.75) is 0 Å². The summed E-state index contributed by atoms with van der Waals surface area (Å²) in [7, 11) is 0. The van der Waals surface area contributed by atoms with Gasteiger partial charge in [-0.05, 0) is 12.1 Å². The number of halogens is 1. The summed E-state index contributed by atoms with van der Waals surface area (Å²) in [6.07, 6.45) is 1.36. The van der Waals surface area contributed by atoms with Gasteiger partial charge >= 0.3 is 0 Å². The monoisotopic (exact) mass is 180 g/mol. The van der Waals surface area contributed by atoms with E-state index in [-0.39, 0.29) is 0 Å². The van der Waals surface area contributed by atoms with Crippen molar-refractivity contribution >= 4 is 28.5 Å². The topological polar surface area (TPSA) is 64.7 Å². The Kier molecular flexibility index (Phi) is 1.55. The molecule has 0 atom stereocenters. The first-order valence-corrected chi connectivity index (χ1v) is 3.68. The Hall–Kier alpha value is -1.42. The Morgan fingerprint density at radius 3 is 2.92 bits per heavy atom. The van der Waals surface area contributed by atoms with Crippen LogP contribution in [0.5, 0.6) is 0 Å². The van der Waals surface area contributed by atoms with Crippen LogP contribution < -0.4 is 5.73 Å². The van der Waals surface area contributed by atoms with Gasteiger partial charge in [0.1, 0.15) is 17.3 Å². The van der Waals surface area contributed by atoms with Crippen molar-refractivity contribution in [2.24, 2.45) is 0 Å². The summed E-state index contributed by atoms with van der Waals surface area (Å²) in [5.41, 5.74) is 6.10. The Labute approximate surface area is 73.4 Å². The van der Waals surface area contributed by atoms with Crippen LogP contribution >= 0.6 is 11.6 Å². The van der Waals surface area contributed by atoms with Gasteiger partial charge in [-0.3, -0.25) is 0 Å². The second kappa shape index (κ2) is 2.57. The second-order valence-electron chi connectivity index (χ2n) is 2.26. The number of nitrogens with two attached hydrogens (primary N) is 1. The fourth-order valence-electron chi connectivity index (χ4n) is 0.939. The Balaban J connectivity index is 2.86. The van der Waals surface area contributed by atoms with Crippen molar-refractivity contribution < 1.29 is 0 Å². The lowest BCUT2D eigenvalue weighted by atomic mass is 10.3. The first-order valence-electron chi connectivity index (χ1n) is 3.30. The maximum absolute atomic E-state index is 5.66. The zero-order valence-corrected chi connectivity index (χ0v) is 6.78. The fourth-order valence-corrected chi connectivity index (χ4v) is 1.08. The molecule has 2 aromatic rings. The number of nitrogen functional groups attached to an aromatic ring is 1. The Bertz CT molecular complexity index is 429. The van der Waals surface area contributed by atoms with Crippen LogP contribution in [0.2, 0.25) is 5.15 Å². The van der Waals surface area contributed by atoms with Crippen LogP contribution in [0, 0.1) is 0 Å². The molecule has 0 aliphatic heterocycles. The SMILES string of the molecule is Nc1ncnc2nc(Cl)ccc12. The molecule has 0 aliphatic carbocycles. The molecule has 2 N–H and O–H groups in total. The summed E-state index contributed by atoms with van der Waals surface area (Å²) < 4.78 is 0. The van der Waals surface area contributed by atoms with Crippen LogP contribution in [-0.2, 0) is 0 Å². The van der Waals surface area contributed by atoms with Gasteiger partial charge in [-0.25, -0.2) is 15.0 Å². The highest BCUT2D eigenvalue weighted by Gasteiger charge is 2.00. The number of anilines is 1. The van der Waals surface area contributed by atoms with Gasteiger partial charge in [-0.15, -0.1) is 0 Å². The maximum atomic E-state index is 5.66. The lowest BCUT2D eigenvalue weighted by Crippen LogP contribution is -1.94. The van der Waals surface area contributed by atoms with Crippen LogP contribution in [-0.4, -0.2) is 15.0 Å². The van der Waals surface area contributed by atoms with Gasteiger partial charge in [0.05, 0.1) is 5.39 Å². The molecule has 0 radical (unpaired) electrons. The molecule has 60 valence electrons. The second-order valence-corrected chi connectivity index (χ2v) is 2.65. The summed E-state index contributed by atoms with van der Waals surface area (Å²) in [5.74, 6) is 0.421. The zero-order valence-electron chi connectivity index (χ0n) is 6.03. The fraction of sp³-hybridized carbons (Fsp3) is 0. The Morgan fingerprint density at radius 1 is 1.25 bits per heavy atom. The number of nitrogens with zero attached hydrogens (tertiary/aromatic N) is 3. The molecule has 2 aromatic heterocycles. The summed E-state index contributed by atoms with van der Waals surface area (Å²) in [4.78, 5) is 11.7. The van der Waals surface area contributed by atoms with Crippen molar-refractivity contribution in [2.75, 3.05) is 5.73 Å². The third kappa shape index (κ3) is 1.06. The highest BCUT2D eigenvalue weighted by Crippen LogP contribution is 2.16. The van der Waals surface area contributed by atoms with Gasteiger partial charge in [0.15, 0.2) is 5.65 Å². The van der Waals surface area contributed by atoms with Crippen molar-refractivity contribution in [3.8, 4) is 0 Å². The van der Waals surface area contributed by atoms with E-state index >= 15 is 0 Å². The van der Waals surface area contributed by atoms with Crippen LogP contribution in [0.4, 0.5) is 5.82 Å². The van der Waals surface area contributed by atoms with Gasteiger partial charge in [-0.1, -0.05) is 11.6 Å². The number of pyridine rings is 1. The van der Waals surface area contributed by atoms with Crippen LogP contribution in [0.15, 0.2) is 18.5 Å². The number of aromatic nitrogens is 3. The van der Waals surface area contributed by atoms with E-state index in [0.717, 1.165) is 5.39 Å².